The lowest BCUT2D eigenvalue weighted by Gasteiger charge is -2.24. The number of nitrogens with one attached hydrogen (secondary N) is 1. The minimum Gasteiger partial charge on any atom is -0.399 e. The maximum atomic E-state index is 12.9. The van der Waals surface area contributed by atoms with Crippen LogP contribution in [0.15, 0.2) is 78.9 Å². The van der Waals surface area contributed by atoms with Gasteiger partial charge in [0, 0.05) is 11.4 Å². The smallest absolute Gasteiger partial charge is 0.330 e. The maximum Gasteiger partial charge on any atom is 0.330 e. The summed E-state index contributed by atoms with van der Waals surface area (Å²) in [6.45, 7) is 1.96. The Morgan fingerprint density at radius 1 is 0.833 bits per heavy atom. The molecule has 3 N–H and O–H groups in total. The maximum absolute atomic E-state index is 12.9. The van der Waals surface area contributed by atoms with E-state index in [2.05, 4.69) is 5.32 Å². The fourth-order valence-electron chi connectivity index (χ4n) is 2.47. The van der Waals surface area contributed by atoms with E-state index in [0.717, 1.165) is 22.6 Å². The predicted octanol–water partition coefficient (Wildman–Crippen LogP) is 4.95. The SMILES string of the molecule is Cc1ccccc1NC(=O)N(c1ccccc1)c1ccc(N)cc1. The molecule has 0 aliphatic carbocycles. The van der Waals surface area contributed by atoms with Crippen molar-refractivity contribution in [1.82, 2.24) is 0 Å². The van der Waals surface area contributed by atoms with Gasteiger partial charge in [0.1, 0.15) is 0 Å². The van der Waals surface area contributed by atoms with Crippen molar-refractivity contribution in [1.29, 1.82) is 0 Å². The number of benzene rings is 3. The summed E-state index contributed by atoms with van der Waals surface area (Å²) in [6.07, 6.45) is 0. The third kappa shape index (κ3) is 3.38. The van der Waals surface area contributed by atoms with Crippen molar-refractivity contribution in [3.8, 4) is 0 Å². The van der Waals surface area contributed by atoms with Gasteiger partial charge < -0.3 is 11.1 Å². The molecule has 4 nitrogen and oxygen atoms in total. The van der Waals surface area contributed by atoms with Crippen LogP contribution in [0.5, 0.6) is 0 Å². The Balaban J connectivity index is 1.97. The van der Waals surface area contributed by atoms with E-state index >= 15 is 0 Å². The minimum atomic E-state index is -0.222. The Hall–Kier alpha value is -3.27. The molecular formula is C20H19N3O. The van der Waals surface area contributed by atoms with Gasteiger partial charge in [-0.2, -0.15) is 0 Å². The van der Waals surface area contributed by atoms with E-state index in [9.17, 15) is 4.79 Å². The highest BCUT2D eigenvalue weighted by Crippen LogP contribution is 2.27. The zero-order valence-corrected chi connectivity index (χ0v) is 13.4. The Bertz CT molecular complexity index is 829. The number of nitrogen functional groups attached to an aromatic ring is 1. The van der Waals surface area contributed by atoms with Gasteiger partial charge in [-0.25, -0.2) is 4.79 Å². The van der Waals surface area contributed by atoms with Crippen molar-refractivity contribution in [2.75, 3.05) is 16.0 Å². The van der Waals surface area contributed by atoms with Gasteiger partial charge in [0.05, 0.1) is 11.4 Å². The van der Waals surface area contributed by atoms with Gasteiger partial charge in [-0.15, -0.1) is 0 Å². The van der Waals surface area contributed by atoms with Crippen LogP contribution in [0.3, 0.4) is 0 Å². The van der Waals surface area contributed by atoms with E-state index in [1.807, 2.05) is 73.7 Å². The lowest BCUT2D eigenvalue weighted by atomic mass is 10.2. The number of aryl methyl sites for hydroxylation is 1. The van der Waals surface area contributed by atoms with Gasteiger partial charge in [0.2, 0.25) is 0 Å². The Labute approximate surface area is 141 Å². The average Bonchev–Trinajstić information content (AvgIpc) is 2.60. The average molecular weight is 317 g/mol. The molecule has 24 heavy (non-hydrogen) atoms. The molecule has 4 heteroatoms. The molecule has 0 saturated heterocycles. The molecule has 2 amide bonds. The third-order valence-corrected chi connectivity index (χ3v) is 3.76. The second-order valence-electron chi connectivity index (χ2n) is 5.51. The van der Waals surface area contributed by atoms with Crippen LogP contribution in [0.2, 0.25) is 0 Å². The first kappa shape index (κ1) is 15.6. The van der Waals surface area contributed by atoms with Gasteiger partial charge in [-0.05, 0) is 55.0 Å². The molecule has 0 heterocycles. The number of urea groups is 1. The van der Waals surface area contributed by atoms with Crippen molar-refractivity contribution in [2.45, 2.75) is 6.92 Å². The van der Waals surface area contributed by atoms with E-state index < -0.39 is 0 Å². The molecule has 3 aromatic rings. The summed E-state index contributed by atoms with van der Waals surface area (Å²) in [6, 6.07) is 24.2. The van der Waals surface area contributed by atoms with Gasteiger partial charge in [0.15, 0.2) is 0 Å². The number of nitrogens with two attached hydrogens (primary N) is 1. The zero-order chi connectivity index (χ0) is 16.9. The quantitative estimate of drug-likeness (QED) is 0.672. The second-order valence-corrected chi connectivity index (χ2v) is 5.51. The number of amides is 2. The van der Waals surface area contributed by atoms with Gasteiger partial charge in [-0.1, -0.05) is 36.4 Å². The van der Waals surface area contributed by atoms with Crippen LogP contribution < -0.4 is 16.0 Å². The lowest BCUT2D eigenvalue weighted by Crippen LogP contribution is -2.31. The summed E-state index contributed by atoms with van der Waals surface area (Å²) in [5, 5.41) is 2.98. The Kier molecular flexibility index (Phi) is 4.47. The van der Waals surface area contributed by atoms with E-state index in [-0.39, 0.29) is 6.03 Å². The molecule has 3 rings (SSSR count). The van der Waals surface area contributed by atoms with Crippen molar-refractivity contribution in [3.63, 3.8) is 0 Å². The molecule has 120 valence electrons. The summed E-state index contributed by atoms with van der Waals surface area (Å²) in [7, 11) is 0. The number of hydrogen-bond donors (Lipinski definition) is 2. The van der Waals surface area contributed by atoms with Gasteiger partial charge in [-0.3, -0.25) is 4.90 Å². The number of carbonyl (C=O) groups excluding carboxylic acids is 1. The van der Waals surface area contributed by atoms with Crippen LogP contribution in [0, 0.1) is 6.92 Å². The van der Waals surface area contributed by atoms with Crippen LogP contribution in [-0.4, -0.2) is 6.03 Å². The predicted molar refractivity (Wildman–Crippen MR) is 99.6 cm³/mol. The molecule has 0 unspecified atom stereocenters. The normalized spacial score (nSPS) is 10.2. The largest absolute Gasteiger partial charge is 0.399 e. The van der Waals surface area contributed by atoms with Gasteiger partial charge >= 0.3 is 6.03 Å². The second kappa shape index (κ2) is 6.87. The zero-order valence-electron chi connectivity index (χ0n) is 13.4. The fourth-order valence-corrected chi connectivity index (χ4v) is 2.47. The fraction of sp³-hybridized carbons (Fsp3) is 0.0500. The van der Waals surface area contributed by atoms with Gasteiger partial charge in [0.25, 0.3) is 0 Å². The highest BCUT2D eigenvalue weighted by atomic mass is 16.2. The topological polar surface area (TPSA) is 58.4 Å². The molecule has 0 spiro atoms. The van der Waals surface area contributed by atoms with Crippen molar-refractivity contribution >= 4 is 28.8 Å². The van der Waals surface area contributed by atoms with Crippen molar-refractivity contribution in [2.24, 2.45) is 0 Å². The summed E-state index contributed by atoms with van der Waals surface area (Å²) in [4.78, 5) is 14.6. The third-order valence-electron chi connectivity index (χ3n) is 3.76. The lowest BCUT2D eigenvalue weighted by molar-refractivity contribution is 0.259. The molecule has 0 aliphatic heterocycles. The van der Waals surface area contributed by atoms with E-state index in [1.54, 1.807) is 17.0 Å². The molecule has 0 atom stereocenters. The highest BCUT2D eigenvalue weighted by Gasteiger charge is 2.18. The van der Waals surface area contributed by atoms with E-state index in [4.69, 9.17) is 5.73 Å². The van der Waals surface area contributed by atoms with E-state index in [0.29, 0.717) is 5.69 Å². The van der Waals surface area contributed by atoms with Crippen LogP contribution in [0.1, 0.15) is 5.56 Å². The summed E-state index contributed by atoms with van der Waals surface area (Å²) in [5.41, 5.74) is 9.76. The number of hydrogen-bond acceptors (Lipinski definition) is 2. The molecular weight excluding hydrogens is 298 g/mol. The Morgan fingerprint density at radius 2 is 1.42 bits per heavy atom. The van der Waals surface area contributed by atoms with Crippen molar-refractivity contribution in [3.05, 3.63) is 84.4 Å². The summed E-state index contributed by atoms with van der Waals surface area (Å²) >= 11 is 0. The molecule has 3 aromatic carbocycles. The molecule has 0 saturated carbocycles. The Morgan fingerprint density at radius 3 is 2.08 bits per heavy atom. The van der Waals surface area contributed by atoms with E-state index in [1.165, 1.54) is 0 Å². The number of para-hydroxylation sites is 2. The molecule has 0 bridgehead atoms. The van der Waals surface area contributed by atoms with Crippen molar-refractivity contribution < 1.29 is 4.79 Å². The first-order valence-electron chi connectivity index (χ1n) is 7.72. The standard InChI is InChI=1S/C20H19N3O/c1-15-7-5-6-10-19(15)22-20(24)23(17-8-3-2-4-9-17)18-13-11-16(21)12-14-18/h2-14H,21H2,1H3,(H,22,24). The van der Waals surface area contributed by atoms with Crippen LogP contribution >= 0.6 is 0 Å². The minimum absolute atomic E-state index is 0.222. The number of rotatable bonds is 3. The van der Waals surface area contributed by atoms with Crippen LogP contribution in [-0.2, 0) is 0 Å². The molecule has 0 fully saturated rings. The monoisotopic (exact) mass is 317 g/mol. The summed E-state index contributed by atoms with van der Waals surface area (Å²) < 4.78 is 0. The first-order chi connectivity index (χ1) is 11.6. The molecule has 0 aromatic heterocycles. The molecule has 0 aliphatic rings. The molecule has 0 radical (unpaired) electrons. The highest BCUT2D eigenvalue weighted by molar-refractivity contribution is 6.07. The summed E-state index contributed by atoms with van der Waals surface area (Å²) in [5.74, 6) is 0. The first-order valence-corrected chi connectivity index (χ1v) is 7.72. The number of nitrogens with zero attached hydrogens (tertiary/aromatic N) is 1. The van der Waals surface area contributed by atoms with Crippen LogP contribution in [0.25, 0.3) is 0 Å². The van der Waals surface area contributed by atoms with Crippen LogP contribution in [0.4, 0.5) is 27.5 Å². The number of anilines is 4. The number of carbonyl (C=O) groups is 1.